The molecular weight excluding hydrogens is 306 g/mol. The van der Waals surface area contributed by atoms with Crippen LogP contribution >= 0.6 is 11.8 Å². The van der Waals surface area contributed by atoms with Gasteiger partial charge in [-0.2, -0.15) is 0 Å². The number of aliphatic imine (C=N–C) groups is 1. The van der Waals surface area contributed by atoms with Crippen LogP contribution in [0.15, 0.2) is 58.4 Å². The van der Waals surface area contributed by atoms with Gasteiger partial charge in [-0.3, -0.25) is 4.79 Å². The van der Waals surface area contributed by atoms with E-state index in [0.29, 0.717) is 15.6 Å². The molecule has 3 rings (SSSR count). The second kappa shape index (κ2) is 6.11. The first kappa shape index (κ1) is 14.5. The molecule has 1 fully saturated rings. The summed E-state index contributed by atoms with van der Waals surface area (Å²) in [7, 11) is 0. The van der Waals surface area contributed by atoms with Gasteiger partial charge in [0.2, 0.25) is 0 Å². The lowest BCUT2D eigenvalue weighted by molar-refractivity contribution is -0.115. The first-order valence-corrected chi connectivity index (χ1v) is 7.23. The van der Waals surface area contributed by atoms with Crippen molar-refractivity contribution in [2.24, 2.45) is 4.99 Å². The van der Waals surface area contributed by atoms with Crippen LogP contribution in [0.3, 0.4) is 0 Å². The second-order valence-electron chi connectivity index (χ2n) is 4.49. The number of benzene rings is 2. The highest BCUT2D eigenvalue weighted by Crippen LogP contribution is 2.28. The highest BCUT2D eigenvalue weighted by molar-refractivity contribution is 8.18. The number of halogens is 2. The zero-order valence-corrected chi connectivity index (χ0v) is 12.0. The largest absolute Gasteiger partial charge is 0.300 e. The predicted octanol–water partition coefficient (Wildman–Crippen LogP) is 3.86. The maximum atomic E-state index is 13.2. The molecule has 110 valence electrons. The molecule has 1 amide bonds. The van der Waals surface area contributed by atoms with Gasteiger partial charge in [-0.15, -0.1) is 0 Å². The molecule has 2 aromatic rings. The fourth-order valence-corrected chi connectivity index (χ4v) is 2.70. The number of rotatable bonds is 2. The van der Waals surface area contributed by atoms with Crippen LogP contribution in [0.5, 0.6) is 0 Å². The Morgan fingerprint density at radius 2 is 1.82 bits per heavy atom. The zero-order valence-electron chi connectivity index (χ0n) is 11.2. The van der Waals surface area contributed by atoms with Crippen LogP contribution in [-0.4, -0.2) is 11.1 Å². The lowest BCUT2D eigenvalue weighted by Gasteiger charge is -1.96. The molecule has 0 aliphatic carbocycles. The first-order chi connectivity index (χ1) is 10.6. The smallest absolute Gasteiger partial charge is 0.264 e. The summed E-state index contributed by atoms with van der Waals surface area (Å²) < 4.78 is 26.1. The molecule has 1 aliphatic heterocycles. The number of hydrogen-bond acceptors (Lipinski definition) is 3. The molecule has 1 aliphatic rings. The molecule has 1 heterocycles. The van der Waals surface area contributed by atoms with E-state index in [1.165, 1.54) is 12.1 Å². The fraction of sp³-hybridized carbons (Fsp3) is 0. The molecule has 0 saturated carbocycles. The minimum atomic E-state index is -0.948. The number of amides is 1. The van der Waals surface area contributed by atoms with Crippen molar-refractivity contribution in [3.63, 3.8) is 0 Å². The van der Waals surface area contributed by atoms with Crippen LogP contribution in [0, 0.1) is 11.6 Å². The number of amidine groups is 1. The molecule has 0 atom stereocenters. The first-order valence-electron chi connectivity index (χ1n) is 6.41. The lowest BCUT2D eigenvalue weighted by atomic mass is 10.2. The third kappa shape index (κ3) is 3.23. The summed E-state index contributed by atoms with van der Waals surface area (Å²) >= 11 is 1.15. The van der Waals surface area contributed by atoms with Crippen LogP contribution in [-0.2, 0) is 4.79 Å². The van der Waals surface area contributed by atoms with E-state index in [4.69, 9.17) is 0 Å². The van der Waals surface area contributed by atoms with Crippen molar-refractivity contribution >= 4 is 34.6 Å². The lowest BCUT2D eigenvalue weighted by Crippen LogP contribution is -2.19. The number of nitrogens with one attached hydrogen (secondary N) is 1. The molecular formula is C16H10F2N2OS. The Hall–Kier alpha value is -2.47. The third-order valence-electron chi connectivity index (χ3n) is 2.88. The van der Waals surface area contributed by atoms with Crippen molar-refractivity contribution < 1.29 is 13.6 Å². The number of para-hydroxylation sites is 1. The summed E-state index contributed by atoms with van der Waals surface area (Å²) in [6, 6.07) is 12.7. The molecule has 0 aromatic heterocycles. The van der Waals surface area contributed by atoms with Crippen LogP contribution in [0.1, 0.15) is 5.56 Å². The predicted molar refractivity (Wildman–Crippen MR) is 83.6 cm³/mol. The Morgan fingerprint density at radius 3 is 2.55 bits per heavy atom. The van der Waals surface area contributed by atoms with Gasteiger partial charge in [0.25, 0.3) is 5.91 Å². The molecule has 0 bridgehead atoms. The van der Waals surface area contributed by atoms with E-state index in [9.17, 15) is 13.6 Å². The molecule has 3 nitrogen and oxygen atoms in total. The Balaban J connectivity index is 1.84. The van der Waals surface area contributed by atoms with E-state index in [2.05, 4.69) is 10.3 Å². The van der Waals surface area contributed by atoms with Gasteiger partial charge in [0, 0.05) is 0 Å². The van der Waals surface area contributed by atoms with Gasteiger partial charge in [-0.1, -0.05) is 24.3 Å². The number of carbonyl (C=O) groups is 1. The second-order valence-corrected chi connectivity index (χ2v) is 5.52. The van der Waals surface area contributed by atoms with Crippen LogP contribution in [0.25, 0.3) is 6.08 Å². The Morgan fingerprint density at radius 1 is 1.05 bits per heavy atom. The third-order valence-corrected chi connectivity index (χ3v) is 3.79. The summed E-state index contributed by atoms with van der Waals surface area (Å²) in [5, 5.41) is 3.09. The van der Waals surface area contributed by atoms with E-state index >= 15 is 0 Å². The summed E-state index contributed by atoms with van der Waals surface area (Å²) in [6.45, 7) is 0. The topological polar surface area (TPSA) is 41.5 Å². The molecule has 22 heavy (non-hydrogen) atoms. The number of nitrogens with zero attached hydrogens (tertiary/aromatic N) is 1. The Kier molecular flexibility index (Phi) is 4.02. The van der Waals surface area contributed by atoms with Gasteiger partial charge in [0.15, 0.2) is 16.8 Å². The summed E-state index contributed by atoms with van der Waals surface area (Å²) in [4.78, 5) is 16.6. The standard InChI is InChI=1S/C16H10F2N2OS/c17-12-7-6-10(8-13(12)18)9-14-15(21)20-16(22-14)19-11-4-2-1-3-5-11/h1-9H,(H,19,20,21)/b14-9-. The minimum absolute atomic E-state index is 0.315. The van der Waals surface area contributed by atoms with Gasteiger partial charge >= 0.3 is 0 Å². The Bertz CT molecular complexity index is 788. The monoisotopic (exact) mass is 316 g/mol. The summed E-state index contributed by atoms with van der Waals surface area (Å²) in [6.07, 6.45) is 1.50. The number of carbonyl (C=O) groups excluding carboxylic acids is 1. The number of thioether (sulfide) groups is 1. The highest BCUT2D eigenvalue weighted by atomic mass is 32.2. The maximum Gasteiger partial charge on any atom is 0.264 e. The molecule has 2 aromatic carbocycles. The average molecular weight is 316 g/mol. The van der Waals surface area contributed by atoms with E-state index < -0.39 is 11.6 Å². The average Bonchev–Trinajstić information content (AvgIpc) is 2.84. The minimum Gasteiger partial charge on any atom is -0.300 e. The van der Waals surface area contributed by atoms with Gasteiger partial charge in [-0.05, 0) is 47.7 Å². The van der Waals surface area contributed by atoms with E-state index in [1.54, 1.807) is 0 Å². The van der Waals surface area contributed by atoms with Crippen LogP contribution < -0.4 is 5.32 Å². The van der Waals surface area contributed by atoms with Crippen molar-refractivity contribution in [2.75, 3.05) is 0 Å². The van der Waals surface area contributed by atoms with Gasteiger partial charge in [0.1, 0.15) is 0 Å². The normalized spacial score (nSPS) is 18.0. The molecule has 6 heteroatoms. The van der Waals surface area contributed by atoms with E-state index in [-0.39, 0.29) is 5.91 Å². The van der Waals surface area contributed by atoms with Crippen LogP contribution in [0.2, 0.25) is 0 Å². The van der Waals surface area contributed by atoms with Gasteiger partial charge < -0.3 is 5.32 Å². The zero-order chi connectivity index (χ0) is 15.5. The molecule has 1 saturated heterocycles. The molecule has 0 radical (unpaired) electrons. The van der Waals surface area contributed by atoms with Crippen LogP contribution in [0.4, 0.5) is 14.5 Å². The van der Waals surface area contributed by atoms with Crippen molar-refractivity contribution in [2.45, 2.75) is 0 Å². The van der Waals surface area contributed by atoms with Gasteiger partial charge in [-0.25, -0.2) is 13.8 Å². The maximum absolute atomic E-state index is 13.2. The molecule has 1 N–H and O–H groups in total. The SMILES string of the molecule is O=C1NC(=Nc2ccccc2)S/C1=C\c1ccc(F)c(F)c1. The van der Waals surface area contributed by atoms with E-state index in [1.807, 2.05) is 30.3 Å². The Labute approximate surface area is 129 Å². The number of hydrogen-bond donors (Lipinski definition) is 1. The fourth-order valence-electron chi connectivity index (χ4n) is 1.85. The summed E-state index contributed by atoms with van der Waals surface area (Å²) in [5.74, 6) is -2.18. The van der Waals surface area contributed by atoms with Crippen molar-refractivity contribution in [1.29, 1.82) is 0 Å². The highest BCUT2D eigenvalue weighted by Gasteiger charge is 2.23. The van der Waals surface area contributed by atoms with Crippen molar-refractivity contribution in [1.82, 2.24) is 5.32 Å². The van der Waals surface area contributed by atoms with Crippen molar-refractivity contribution in [3.05, 3.63) is 70.6 Å². The van der Waals surface area contributed by atoms with Gasteiger partial charge in [0.05, 0.1) is 10.6 Å². The molecule has 0 unspecified atom stereocenters. The summed E-state index contributed by atoms with van der Waals surface area (Å²) in [5.41, 5.74) is 1.14. The van der Waals surface area contributed by atoms with Crippen molar-refractivity contribution in [3.8, 4) is 0 Å². The molecule has 0 spiro atoms. The van der Waals surface area contributed by atoms with E-state index in [0.717, 1.165) is 29.6 Å². The quantitative estimate of drug-likeness (QED) is 0.855.